The van der Waals surface area contributed by atoms with Crippen molar-refractivity contribution in [1.29, 1.82) is 0 Å². The number of hydrogen-bond acceptors (Lipinski definition) is 2. The Morgan fingerprint density at radius 1 is 1.36 bits per heavy atom. The number of carbonyl (C=O) groups excluding carboxylic acids is 1. The lowest BCUT2D eigenvalue weighted by Crippen LogP contribution is -2.33. The first kappa shape index (κ1) is 8.75. The zero-order valence-electron chi connectivity index (χ0n) is 9.17. The van der Waals surface area contributed by atoms with Gasteiger partial charge < -0.3 is 4.74 Å². The first-order valence-corrected chi connectivity index (χ1v) is 5.63. The van der Waals surface area contributed by atoms with Gasteiger partial charge in [0.15, 0.2) is 0 Å². The molecule has 4 bridgehead atoms. The molecule has 4 fully saturated rings. The lowest BCUT2D eigenvalue weighted by atomic mass is 9.75. The summed E-state index contributed by atoms with van der Waals surface area (Å²) in [6, 6.07) is 0. The fourth-order valence-corrected chi connectivity index (χ4v) is 4.56. The highest BCUT2D eigenvalue weighted by atomic mass is 16.5. The zero-order chi connectivity index (χ0) is 10.1. The Morgan fingerprint density at radius 3 is 2.29 bits per heavy atom. The van der Waals surface area contributed by atoms with Gasteiger partial charge in [0.05, 0.1) is 6.61 Å². The minimum absolute atomic E-state index is 0.129. The van der Waals surface area contributed by atoms with Crippen molar-refractivity contribution in [2.45, 2.75) is 33.6 Å². The number of rotatable bonds is 2. The van der Waals surface area contributed by atoms with Crippen LogP contribution in [0.25, 0.3) is 0 Å². The number of hydrogen-bond donors (Lipinski definition) is 0. The van der Waals surface area contributed by atoms with Crippen molar-refractivity contribution in [1.82, 2.24) is 0 Å². The van der Waals surface area contributed by atoms with E-state index in [1.807, 2.05) is 0 Å². The first-order valence-electron chi connectivity index (χ1n) is 5.63. The molecule has 0 aromatic heterocycles. The predicted octanol–water partition coefficient (Wildman–Crippen LogP) is 2.23. The van der Waals surface area contributed by atoms with Gasteiger partial charge in [-0.3, -0.25) is 4.79 Å². The van der Waals surface area contributed by atoms with E-state index in [1.165, 1.54) is 19.8 Å². The van der Waals surface area contributed by atoms with Crippen LogP contribution in [0.2, 0.25) is 0 Å². The van der Waals surface area contributed by atoms with Crippen LogP contribution >= 0.6 is 0 Å². The molecule has 0 spiro atoms. The monoisotopic (exact) mass is 194 g/mol. The van der Waals surface area contributed by atoms with Gasteiger partial charge in [-0.05, 0) is 36.0 Å². The summed E-state index contributed by atoms with van der Waals surface area (Å²) in [5.41, 5.74) is 0.793. The lowest BCUT2D eigenvalue weighted by Gasteiger charge is -2.33. The van der Waals surface area contributed by atoms with Gasteiger partial charge in [-0.15, -0.1) is 0 Å². The van der Waals surface area contributed by atoms with E-state index in [4.69, 9.17) is 4.74 Å². The van der Waals surface area contributed by atoms with E-state index in [-0.39, 0.29) is 11.4 Å². The van der Waals surface area contributed by atoms with E-state index >= 15 is 0 Å². The summed E-state index contributed by atoms with van der Waals surface area (Å²) < 4.78 is 5.25. The molecular weight excluding hydrogens is 176 g/mol. The van der Waals surface area contributed by atoms with Gasteiger partial charge in [0.25, 0.3) is 0 Å². The Bertz CT molecular complexity index is 297. The van der Waals surface area contributed by atoms with E-state index in [9.17, 15) is 4.79 Å². The van der Waals surface area contributed by atoms with E-state index in [2.05, 4.69) is 13.8 Å². The van der Waals surface area contributed by atoms with Gasteiger partial charge in [0.1, 0.15) is 0 Å². The standard InChI is InChI=1S/C12H18O2/c1-7(13)14-6-11(2)8-4-9-10(5-8)12(9,11)3/h8-10H,4-6H2,1-3H3. The number of carbonyl (C=O) groups is 1. The van der Waals surface area contributed by atoms with Crippen LogP contribution in [0.1, 0.15) is 33.6 Å². The van der Waals surface area contributed by atoms with Crippen LogP contribution < -0.4 is 0 Å². The van der Waals surface area contributed by atoms with Crippen LogP contribution in [0.3, 0.4) is 0 Å². The Morgan fingerprint density at radius 2 is 1.93 bits per heavy atom. The van der Waals surface area contributed by atoms with Gasteiger partial charge in [0, 0.05) is 12.3 Å². The van der Waals surface area contributed by atoms with Gasteiger partial charge in [-0.1, -0.05) is 13.8 Å². The van der Waals surface area contributed by atoms with Crippen LogP contribution in [-0.4, -0.2) is 12.6 Å². The lowest BCUT2D eigenvalue weighted by molar-refractivity contribution is -0.146. The Balaban J connectivity index is 1.81. The van der Waals surface area contributed by atoms with E-state index < -0.39 is 0 Å². The molecule has 0 N–H and O–H groups in total. The summed E-state index contributed by atoms with van der Waals surface area (Å²) in [7, 11) is 0. The third-order valence-corrected chi connectivity index (χ3v) is 5.70. The molecule has 2 nitrogen and oxygen atoms in total. The summed E-state index contributed by atoms with van der Waals surface area (Å²) in [4.78, 5) is 10.9. The molecule has 78 valence electrons. The molecule has 0 aromatic carbocycles. The SMILES string of the molecule is CC(=O)OCC1(C)C2CC3C(C2)C31C. The third-order valence-electron chi connectivity index (χ3n) is 5.70. The molecule has 4 saturated carbocycles. The largest absolute Gasteiger partial charge is 0.465 e. The minimum atomic E-state index is -0.129. The molecular formula is C12H18O2. The Kier molecular flexibility index (Phi) is 1.36. The molecule has 0 radical (unpaired) electrons. The second-order valence-electron chi connectivity index (χ2n) is 5.86. The highest BCUT2D eigenvalue weighted by molar-refractivity contribution is 5.66. The smallest absolute Gasteiger partial charge is 0.302 e. The van der Waals surface area contributed by atoms with E-state index in [0.717, 1.165) is 17.8 Å². The second-order valence-corrected chi connectivity index (χ2v) is 5.86. The maximum Gasteiger partial charge on any atom is 0.302 e. The van der Waals surface area contributed by atoms with Crippen molar-refractivity contribution in [2.75, 3.05) is 6.61 Å². The van der Waals surface area contributed by atoms with Crippen molar-refractivity contribution in [3.05, 3.63) is 0 Å². The molecule has 0 heterocycles. The molecule has 4 rings (SSSR count). The topological polar surface area (TPSA) is 26.3 Å². The quantitative estimate of drug-likeness (QED) is 0.630. The highest BCUT2D eigenvalue weighted by Gasteiger charge is 2.81. The zero-order valence-corrected chi connectivity index (χ0v) is 9.17. The molecule has 0 saturated heterocycles. The maximum absolute atomic E-state index is 10.9. The molecule has 4 aliphatic carbocycles. The Hall–Kier alpha value is -0.530. The molecule has 3 atom stereocenters. The molecule has 4 aliphatic rings. The molecule has 0 aliphatic heterocycles. The van der Waals surface area contributed by atoms with Crippen LogP contribution in [0.4, 0.5) is 0 Å². The van der Waals surface area contributed by atoms with Crippen LogP contribution in [0, 0.1) is 28.6 Å². The summed E-state index contributed by atoms with van der Waals surface area (Å²) in [6.45, 7) is 6.89. The Labute approximate surface area is 85.0 Å². The van der Waals surface area contributed by atoms with Gasteiger partial charge in [-0.2, -0.15) is 0 Å². The molecule has 0 amide bonds. The normalized spacial score (nSPS) is 57.5. The van der Waals surface area contributed by atoms with Crippen LogP contribution in [0.15, 0.2) is 0 Å². The van der Waals surface area contributed by atoms with E-state index in [0.29, 0.717) is 12.0 Å². The van der Waals surface area contributed by atoms with Crippen LogP contribution in [0.5, 0.6) is 0 Å². The minimum Gasteiger partial charge on any atom is -0.465 e. The fraction of sp³-hybridized carbons (Fsp3) is 0.917. The average molecular weight is 194 g/mol. The summed E-state index contributed by atoms with van der Waals surface area (Å²) >= 11 is 0. The van der Waals surface area contributed by atoms with E-state index in [1.54, 1.807) is 0 Å². The summed E-state index contributed by atoms with van der Waals surface area (Å²) in [5.74, 6) is 2.60. The fourth-order valence-electron chi connectivity index (χ4n) is 4.56. The second kappa shape index (κ2) is 2.17. The van der Waals surface area contributed by atoms with Crippen molar-refractivity contribution < 1.29 is 9.53 Å². The number of esters is 1. The maximum atomic E-state index is 10.9. The van der Waals surface area contributed by atoms with Crippen molar-refractivity contribution in [3.63, 3.8) is 0 Å². The molecule has 0 aromatic rings. The highest BCUT2D eigenvalue weighted by Crippen LogP contribution is 2.86. The van der Waals surface area contributed by atoms with Crippen molar-refractivity contribution in [2.24, 2.45) is 28.6 Å². The van der Waals surface area contributed by atoms with Crippen molar-refractivity contribution in [3.8, 4) is 0 Å². The predicted molar refractivity (Wildman–Crippen MR) is 52.6 cm³/mol. The number of ether oxygens (including phenoxy) is 1. The van der Waals surface area contributed by atoms with Gasteiger partial charge in [-0.25, -0.2) is 0 Å². The summed E-state index contributed by atoms with van der Waals surface area (Å²) in [5, 5.41) is 0. The molecule has 14 heavy (non-hydrogen) atoms. The van der Waals surface area contributed by atoms with Crippen molar-refractivity contribution >= 4 is 5.97 Å². The summed E-state index contributed by atoms with van der Waals surface area (Å²) in [6.07, 6.45) is 2.78. The average Bonchev–Trinajstić information content (AvgIpc) is 2.54. The van der Waals surface area contributed by atoms with Crippen LogP contribution in [-0.2, 0) is 9.53 Å². The third kappa shape index (κ3) is 0.697. The molecule has 2 heteroatoms. The van der Waals surface area contributed by atoms with Gasteiger partial charge in [0.2, 0.25) is 0 Å². The first-order chi connectivity index (χ1) is 6.50. The van der Waals surface area contributed by atoms with Gasteiger partial charge >= 0.3 is 5.97 Å². The molecule has 3 unspecified atom stereocenters.